The van der Waals surface area contributed by atoms with Gasteiger partial charge >= 0.3 is 6.18 Å². The van der Waals surface area contributed by atoms with Crippen molar-refractivity contribution in [3.63, 3.8) is 0 Å². The number of nitrogens with two attached hydrogens (primary N) is 1. The number of hydrogen-bond donors (Lipinski definition) is 2. The number of aromatic nitrogens is 7. The van der Waals surface area contributed by atoms with E-state index >= 15 is 0 Å². The van der Waals surface area contributed by atoms with Crippen LogP contribution >= 0.6 is 0 Å². The highest BCUT2D eigenvalue weighted by atomic mass is 32.2. The van der Waals surface area contributed by atoms with E-state index in [1.54, 1.807) is 24.6 Å². The molecule has 0 amide bonds. The average Bonchev–Trinajstić information content (AvgIpc) is 3.55. The average molecular weight is 563 g/mol. The van der Waals surface area contributed by atoms with Crippen LogP contribution in [-0.2, 0) is 23.2 Å². The maximum Gasteiger partial charge on any atom is 0.419 e. The molecular formula is C23H25F3N10O2S. The molecule has 0 atom stereocenters. The second kappa shape index (κ2) is 9.92. The quantitative estimate of drug-likeness (QED) is 0.362. The van der Waals surface area contributed by atoms with Gasteiger partial charge in [0.25, 0.3) is 10.0 Å². The Morgan fingerprint density at radius 3 is 2.51 bits per heavy atom. The number of imidazole rings is 1. The minimum absolute atomic E-state index is 0.00104. The topological polar surface area (TPSA) is 150 Å². The van der Waals surface area contributed by atoms with Gasteiger partial charge in [-0.05, 0) is 25.8 Å². The lowest BCUT2D eigenvalue weighted by Crippen LogP contribution is -2.42. The Labute approximate surface area is 221 Å². The summed E-state index contributed by atoms with van der Waals surface area (Å²) in [6, 6.07) is 1.41. The Hall–Kier alpha value is -4.05. The van der Waals surface area contributed by atoms with Crippen LogP contribution in [0.2, 0.25) is 0 Å². The number of nitrogen functional groups attached to an aromatic ring is 1. The number of anilines is 2. The minimum atomic E-state index is -4.70. The first-order chi connectivity index (χ1) is 18.4. The van der Waals surface area contributed by atoms with Crippen LogP contribution in [0.4, 0.5) is 24.9 Å². The lowest BCUT2D eigenvalue weighted by molar-refractivity contribution is -0.137. The molecule has 1 saturated heterocycles. The number of pyridine rings is 1. The largest absolute Gasteiger partial charge is 0.419 e. The van der Waals surface area contributed by atoms with Crippen molar-refractivity contribution in [3.8, 4) is 16.9 Å². The molecule has 5 heterocycles. The van der Waals surface area contributed by atoms with Crippen molar-refractivity contribution >= 4 is 21.8 Å². The highest BCUT2D eigenvalue weighted by molar-refractivity contribution is 7.89. The Kier molecular flexibility index (Phi) is 6.76. The molecule has 0 bridgehead atoms. The highest BCUT2D eigenvalue weighted by Crippen LogP contribution is 2.36. The van der Waals surface area contributed by atoms with Crippen LogP contribution in [0.3, 0.4) is 0 Å². The first-order valence-corrected chi connectivity index (χ1v) is 13.3. The van der Waals surface area contributed by atoms with Crippen LogP contribution < -0.4 is 11.1 Å². The van der Waals surface area contributed by atoms with Crippen molar-refractivity contribution in [1.82, 2.24) is 38.6 Å². The predicted octanol–water partition coefficient (Wildman–Crippen LogP) is 2.63. The molecule has 16 heteroatoms. The van der Waals surface area contributed by atoms with Gasteiger partial charge in [0.1, 0.15) is 11.4 Å². The first kappa shape index (κ1) is 26.6. The van der Waals surface area contributed by atoms with Gasteiger partial charge in [0.15, 0.2) is 5.03 Å². The predicted molar refractivity (Wildman–Crippen MR) is 135 cm³/mol. The highest BCUT2D eigenvalue weighted by Gasteiger charge is 2.36. The lowest BCUT2D eigenvalue weighted by atomic mass is 10.1. The molecule has 1 aliphatic rings. The molecule has 39 heavy (non-hydrogen) atoms. The second-order valence-corrected chi connectivity index (χ2v) is 11.1. The number of nitrogens with zero attached hydrogens (tertiary/aromatic N) is 8. The standard InChI is InChI=1S/C23H25F3N10O2S/c1-14-18(3-6-28-21(14)27)36-11-15(9-31-36)20-17(23(24,25)26)10-29-22(33-20)32-16-4-7-35(8-5-16)39(37,38)19-12-34(2)13-30-19/h3,6,9-13,16H,4-5,7-8H2,1-2H3,(H2,27,28)(H,29,32,33). The zero-order valence-corrected chi connectivity index (χ0v) is 21.8. The summed E-state index contributed by atoms with van der Waals surface area (Å²) in [7, 11) is -2.05. The summed E-state index contributed by atoms with van der Waals surface area (Å²) in [5, 5.41) is 7.23. The fourth-order valence-electron chi connectivity index (χ4n) is 4.32. The third kappa shape index (κ3) is 5.29. The number of alkyl halides is 3. The normalized spacial score (nSPS) is 15.5. The molecule has 0 aliphatic carbocycles. The van der Waals surface area contributed by atoms with Gasteiger partial charge < -0.3 is 15.6 Å². The van der Waals surface area contributed by atoms with Gasteiger partial charge in [-0.2, -0.15) is 22.6 Å². The summed E-state index contributed by atoms with van der Waals surface area (Å²) in [6.07, 6.45) is 3.92. The molecule has 0 aromatic carbocycles. The van der Waals surface area contributed by atoms with Crippen LogP contribution in [0.5, 0.6) is 0 Å². The zero-order chi connectivity index (χ0) is 27.9. The molecule has 12 nitrogen and oxygen atoms in total. The SMILES string of the molecule is Cc1c(-n2cc(-c3nc(NC4CCN(S(=O)(=O)c5cn(C)cn5)CC4)ncc3C(F)(F)F)cn2)ccnc1N. The van der Waals surface area contributed by atoms with E-state index in [2.05, 4.69) is 30.4 Å². The Morgan fingerprint density at radius 2 is 1.85 bits per heavy atom. The van der Waals surface area contributed by atoms with Crippen molar-refractivity contribution in [2.75, 3.05) is 24.1 Å². The molecule has 3 N–H and O–H groups in total. The smallest absolute Gasteiger partial charge is 0.383 e. The van der Waals surface area contributed by atoms with Crippen molar-refractivity contribution < 1.29 is 21.6 Å². The minimum Gasteiger partial charge on any atom is -0.383 e. The third-order valence-electron chi connectivity index (χ3n) is 6.48. The van der Waals surface area contributed by atoms with E-state index in [0.29, 0.717) is 24.1 Å². The maximum atomic E-state index is 13.8. The summed E-state index contributed by atoms with van der Waals surface area (Å²) in [6.45, 7) is 2.16. The van der Waals surface area contributed by atoms with Gasteiger partial charge in [-0.3, -0.25) is 0 Å². The molecule has 0 spiro atoms. The van der Waals surface area contributed by atoms with Crippen LogP contribution in [-0.4, -0.2) is 66.1 Å². The lowest BCUT2D eigenvalue weighted by Gasteiger charge is -2.31. The third-order valence-corrected chi connectivity index (χ3v) is 8.27. The summed E-state index contributed by atoms with van der Waals surface area (Å²) < 4.78 is 71.5. The fraction of sp³-hybridized carbons (Fsp3) is 0.348. The number of piperidine rings is 1. The molecule has 0 radical (unpaired) electrons. The van der Waals surface area contributed by atoms with Crippen molar-refractivity contribution in [2.24, 2.45) is 7.05 Å². The molecule has 1 fully saturated rings. The van der Waals surface area contributed by atoms with Crippen LogP contribution in [0, 0.1) is 6.92 Å². The van der Waals surface area contributed by atoms with Gasteiger partial charge in [-0.15, -0.1) is 0 Å². The zero-order valence-electron chi connectivity index (χ0n) is 21.0. The molecular weight excluding hydrogens is 537 g/mol. The molecule has 4 aromatic rings. The first-order valence-electron chi connectivity index (χ1n) is 11.9. The molecule has 1 aliphatic heterocycles. The van der Waals surface area contributed by atoms with Gasteiger partial charge in [0.05, 0.1) is 23.9 Å². The van der Waals surface area contributed by atoms with E-state index in [9.17, 15) is 21.6 Å². The maximum absolute atomic E-state index is 13.8. The number of rotatable bonds is 6. The molecule has 0 unspecified atom stereocenters. The fourth-order valence-corrected chi connectivity index (χ4v) is 5.76. The van der Waals surface area contributed by atoms with E-state index < -0.39 is 21.8 Å². The Bertz CT molecular complexity index is 1610. The summed E-state index contributed by atoms with van der Waals surface area (Å²) >= 11 is 0. The van der Waals surface area contributed by atoms with E-state index in [0.717, 1.165) is 6.20 Å². The van der Waals surface area contributed by atoms with Crippen molar-refractivity contribution in [3.05, 3.63) is 54.5 Å². The van der Waals surface area contributed by atoms with Gasteiger partial charge in [0.2, 0.25) is 5.95 Å². The van der Waals surface area contributed by atoms with Crippen LogP contribution in [0.15, 0.2) is 48.4 Å². The number of aryl methyl sites for hydroxylation is 1. The molecule has 206 valence electrons. The van der Waals surface area contributed by atoms with Crippen LogP contribution in [0.1, 0.15) is 24.0 Å². The van der Waals surface area contributed by atoms with Gasteiger partial charge in [-0.25, -0.2) is 33.0 Å². The number of sulfonamides is 1. The molecule has 5 rings (SSSR count). The van der Waals surface area contributed by atoms with Crippen LogP contribution in [0.25, 0.3) is 16.9 Å². The van der Waals surface area contributed by atoms with Crippen molar-refractivity contribution in [1.29, 1.82) is 0 Å². The summed E-state index contributed by atoms with van der Waals surface area (Å²) in [5.41, 5.74) is 5.86. The van der Waals surface area contributed by atoms with E-state index in [4.69, 9.17) is 5.73 Å². The summed E-state index contributed by atoms with van der Waals surface area (Å²) in [5.74, 6) is 0.286. The molecule has 0 saturated carbocycles. The Balaban J connectivity index is 1.36. The number of nitrogens with one attached hydrogen (secondary N) is 1. The van der Waals surface area contributed by atoms with Crippen molar-refractivity contribution in [2.45, 2.75) is 37.0 Å². The van der Waals surface area contributed by atoms with Gasteiger partial charge in [-0.1, -0.05) is 0 Å². The molecule has 4 aromatic heterocycles. The number of halogens is 3. The summed E-state index contributed by atoms with van der Waals surface area (Å²) in [4.78, 5) is 16.0. The Morgan fingerprint density at radius 1 is 1.10 bits per heavy atom. The van der Waals surface area contributed by atoms with E-state index in [-0.39, 0.29) is 47.2 Å². The second-order valence-electron chi connectivity index (χ2n) is 9.17. The number of hydrogen-bond acceptors (Lipinski definition) is 9. The van der Waals surface area contributed by atoms with Gasteiger partial charge in [0, 0.05) is 62.1 Å². The van der Waals surface area contributed by atoms with E-state index in [1.807, 2.05) is 0 Å². The monoisotopic (exact) mass is 562 g/mol. The van der Waals surface area contributed by atoms with E-state index in [1.165, 1.54) is 40.1 Å².